The fourth-order valence-electron chi connectivity index (χ4n) is 2.10. The zero-order valence-electron chi connectivity index (χ0n) is 9.49. The molecule has 0 radical (unpaired) electrons. The second-order valence-electron chi connectivity index (χ2n) is 4.53. The normalized spacial score (nSPS) is 18.0. The van der Waals surface area contributed by atoms with Gasteiger partial charge < -0.3 is 9.84 Å². The van der Waals surface area contributed by atoms with E-state index in [2.05, 4.69) is 0 Å². The maximum Gasteiger partial charge on any atom is 0.165 e. The third-order valence-corrected chi connectivity index (χ3v) is 3.12. The van der Waals surface area contributed by atoms with E-state index in [9.17, 15) is 14.3 Å². The second kappa shape index (κ2) is 4.84. The minimum Gasteiger partial charge on any atom is -0.488 e. The molecular formula is C13H15FO3. The Bertz CT molecular complexity index is 411. The van der Waals surface area contributed by atoms with E-state index < -0.39 is 11.4 Å². The van der Waals surface area contributed by atoms with Crippen molar-refractivity contribution in [1.29, 1.82) is 0 Å². The topological polar surface area (TPSA) is 46.5 Å². The number of benzene rings is 1. The van der Waals surface area contributed by atoms with E-state index in [1.807, 2.05) is 0 Å². The molecule has 0 aliphatic heterocycles. The van der Waals surface area contributed by atoms with Crippen LogP contribution in [-0.2, 0) is 0 Å². The fraction of sp³-hybridized carbons (Fsp3) is 0.462. The van der Waals surface area contributed by atoms with Crippen molar-refractivity contribution in [3.05, 3.63) is 29.6 Å². The Kier molecular flexibility index (Phi) is 3.43. The number of halogens is 1. The molecular weight excluding hydrogens is 223 g/mol. The Hall–Kier alpha value is -1.42. The van der Waals surface area contributed by atoms with Gasteiger partial charge in [-0.15, -0.1) is 0 Å². The molecule has 1 N–H and O–H groups in total. The first-order chi connectivity index (χ1) is 8.13. The van der Waals surface area contributed by atoms with Gasteiger partial charge in [-0.2, -0.15) is 0 Å². The molecule has 4 heteroatoms. The number of carbonyl (C=O) groups is 1. The molecule has 1 aromatic rings. The van der Waals surface area contributed by atoms with Crippen molar-refractivity contribution in [3.63, 3.8) is 0 Å². The van der Waals surface area contributed by atoms with Crippen LogP contribution >= 0.6 is 0 Å². The van der Waals surface area contributed by atoms with Gasteiger partial charge in [-0.05, 0) is 31.0 Å². The minimum absolute atomic E-state index is 0.0796. The summed E-state index contributed by atoms with van der Waals surface area (Å²) < 4.78 is 18.8. The highest BCUT2D eigenvalue weighted by Crippen LogP contribution is 2.30. The zero-order valence-corrected chi connectivity index (χ0v) is 9.49. The predicted octanol–water partition coefficient (Wildman–Crippen LogP) is 2.32. The highest BCUT2D eigenvalue weighted by atomic mass is 19.1. The van der Waals surface area contributed by atoms with Gasteiger partial charge in [0, 0.05) is 5.56 Å². The molecule has 0 heterocycles. The summed E-state index contributed by atoms with van der Waals surface area (Å²) in [5, 5.41) is 10.0. The van der Waals surface area contributed by atoms with Crippen LogP contribution in [0.25, 0.3) is 0 Å². The summed E-state index contributed by atoms with van der Waals surface area (Å²) >= 11 is 0. The zero-order chi connectivity index (χ0) is 12.3. The Balaban J connectivity index is 2.01. The summed E-state index contributed by atoms with van der Waals surface area (Å²) in [6.45, 7) is 0.102. The van der Waals surface area contributed by atoms with Crippen molar-refractivity contribution in [2.75, 3.05) is 6.61 Å². The third kappa shape index (κ3) is 2.82. The van der Waals surface area contributed by atoms with Gasteiger partial charge in [0.15, 0.2) is 11.6 Å². The molecule has 0 spiro atoms. The standard InChI is InChI=1S/C13H15FO3/c14-11-7-10(8-15)3-4-12(11)17-9-13(16)5-1-2-6-13/h3-4,7-8,16H,1-2,5-6,9H2. The predicted molar refractivity (Wildman–Crippen MR) is 60.7 cm³/mol. The van der Waals surface area contributed by atoms with Gasteiger partial charge in [-0.25, -0.2) is 4.39 Å². The quantitative estimate of drug-likeness (QED) is 0.819. The molecule has 0 saturated heterocycles. The molecule has 1 saturated carbocycles. The highest BCUT2D eigenvalue weighted by molar-refractivity contribution is 5.74. The van der Waals surface area contributed by atoms with Crippen molar-refractivity contribution in [2.24, 2.45) is 0 Å². The number of hydrogen-bond donors (Lipinski definition) is 1. The number of aliphatic hydroxyl groups is 1. The molecule has 1 aromatic carbocycles. The molecule has 17 heavy (non-hydrogen) atoms. The molecule has 0 atom stereocenters. The lowest BCUT2D eigenvalue weighted by Gasteiger charge is -2.22. The molecule has 1 aliphatic carbocycles. The number of ether oxygens (including phenoxy) is 1. The molecule has 0 aromatic heterocycles. The summed E-state index contributed by atoms with van der Waals surface area (Å²) in [5.41, 5.74) is -0.551. The van der Waals surface area contributed by atoms with Gasteiger partial charge in [-0.3, -0.25) is 4.79 Å². The van der Waals surface area contributed by atoms with Crippen LogP contribution in [0.15, 0.2) is 18.2 Å². The molecule has 1 aliphatic rings. The molecule has 0 bridgehead atoms. The SMILES string of the molecule is O=Cc1ccc(OCC2(O)CCCC2)c(F)c1. The summed E-state index contributed by atoms with van der Waals surface area (Å²) in [5.74, 6) is -0.493. The molecule has 2 rings (SSSR count). The lowest BCUT2D eigenvalue weighted by molar-refractivity contribution is 0.000323. The monoisotopic (exact) mass is 238 g/mol. The molecule has 3 nitrogen and oxygen atoms in total. The lowest BCUT2D eigenvalue weighted by Crippen LogP contribution is -2.32. The van der Waals surface area contributed by atoms with Crippen LogP contribution in [0.2, 0.25) is 0 Å². The average Bonchev–Trinajstić information content (AvgIpc) is 2.75. The number of carbonyl (C=O) groups excluding carboxylic acids is 1. The van der Waals surface area contributed by atoms with E-state index in [1.165, 1.54) is 12.1 Å². The van der Waals surface area contributed by atoms with Crippen LogP contribution < -0.4 is 4.74 Å². The smallest absolute Gasteiger partial charge is 0.165 e. The van der Waals surface area contributed by atoms with Gasteiger partial charge in [0.05, 0.1) is 5.60 Å². The summed E-state index contributed by atoms with van der Waals surface area (Å²) in [7, 11) is 0. The second-order valence-corrected chi connectivity index (χ2v) is 4.53. The third-order valence-electron chi connectivity index (χ3n) is 3.12. The van der Waals surface area contributed by atoms with Crippen molar-refractivity contribution in [3.8, 4) is 5.75 Å². The minimum atomic E-state index is -0.824. The number of rotatable bonds is 4. The van der Waals surface area contributed by atoms with Crippen molar-refractivity contribution < 1.29 is 19.0 Å². The van der Waals surface area contributed by atoms with Crippen molar-refractivity contribution in [2.45, 2.75) is 31.3 Å². The highest BCUT2D eigenvalue weighted by Gasteiger charge is 2.32. The molecule has 1 fully saturated rings. The summed E-state index contributed by atoms with van der Waals surface area (Å²) in [4.78, 5) is 10.4. The molecule has 92 valence electrons. The van der Waals surface area contributed by atoms with Gasteiger partial charge in [0.25, 0.3) is 0 Å². The first-order valence-electron chi connectivity index (χ1n) is 5.73. The van der Waals surface area contributed by atoms with E-state index in [1.54, 1.807) is 0 Å². The van der Waals surface area contributed by atoms with E-state index in [-0.39, 0.29) is 17.9 Å². The van der Waals surface area contributed by atoms with Gasteiger partial charge >= 0.3 is 0 Å². The summed E-state index contributed by atoms with van der Waals surface area (Å²) in [6.07, 6.45) is 3.93. The summed E-state index contributed by atoms with van der Waals surface area (Å²) in [6, 6.07) is 4.03. The largest absolute Gasteiger partial charge is 0.488 e. The maximum absolute atomic E-state index is 13.5. The van der Waals surface area contributed by atoms with E-state index in [0.717, 1.165) is 18.9 Å². The number of hydrogen-bond acceptors (Lipinski definition) is 3. The Morgan fingerprint density at radius 2 is 2.12 bits per heavy atom. The fourth-order valence-corrected chi connectivity index (χ4v) is 2.10. The molecule has 0 unspecified atom stereocenters. The van der Waals surface area contributed by atoms with Gasteiger partial charge in [0.1, 0.15) is 12.9 Å². The van der Waals surface area contributed by atoms with Crippen LogP contribution in [0.5, 0.6) is 5.75 Å². The lowest BCUT2D eigenvalue weighted by atomic mass is 10.0. The van der Waals surface area contributed by atoms with E-state index >= 15 is 0 Å². The van der Waals surface area contributed by atoms with Gasteiger partial charge in [0.2, 0.25) is 0 Å². The van der Waals surface area contributed by atoms with Crippen LogP contribution in [0, 0.1) is 5.82 Å². The first-order valence-corrected chi connectivity index (χ1v) is 5.73. The Labute approximate surface area is 99.2 Å². The van der Waals surface area contributed by atoms with Crippen LogP contribution in [0.1, 0.15) is 36.0 Å². The number of aldehydes is 1. The van der Waals surface area contributed by atoms with Crippen LogP contribution in [0.3, 0.4) is 0 Å². The van der Waals surface area contributed by atoms with Crippen LogP contribution in [0.4, 0.5) is 4.39 Å². The van der Waals surface area contributed by atoms with E-state index in [0.29, 0.717) is 19.1 Å². The molecule has 0 amide bonds. The van der Waals surface area contributed by atoms with E-state index in [4.69, 9.17) is 4.74 Å². The Morgan fingerprint density at radius 3 is 2.71 bits per heavy atom. The average molecular weight is 238 g/mol. The Morgan fingerprint density at radius 1 is 1.41 bits per heavy atom. The first kappa shape index (κ1) is 12.0. The maximum atomic E-state index is 13.5. The van der Waals surface area contributed by atoms with Crippen molar-refractivity contribution >= 4 is 6.29 Å². The van der Waals surface area contributed by atoms with Gasteiger partial charge in [-0.1, -0.05) is 12.8 Å². The van der Waals surface area contributed by atoms with Crippen molar-refractivity contribution in [1.82, 2.24) is 0 Å². The van der Waals surface area contributed by atoms with Crippen LogP contribution in [-0.4, -0.2) is 23.6 Å².